The third-order valence-corrected chi connectivity index (χ3v) is 4.25. The van der Waals surface area contributed by atoms with Crippen LogP contribution in [-0.2, 0) is 14.3 Å². The maximum Gasteiger partial charge on any atom is 0.331 e. The average Bonchev–Trinajstić information content (AvgIpc) is 2.78. The molecule has 0 spiro atoms. The van der Waals surface area contributed by atoms with Crippen LogP contribution in [-0.4, -0.2) is 25.1 Å². The molecule has 0 unspecified atom stereocenters. The molecule has 3 aromatic rings. The molecule has 0 aliphatic carbocycles. The number of rotatable bonds is 8. The van der Waals surface area contributed by atoms with Gasteiger partial charge in [-0.3, -0.25) is 4.79 Å². The van der Waals surface area contributed by atoms with Gasteiger partial charge < -0.3 is 14.8 Å². The van der Waals surface area contributed by atoms with E-state index in [2.05, 4.69) is 5.32 Å². The number of ether oxygens (including phenoxy) is 2. The van der Waals surface area contributed by atoms with Crippen molar-refractivity contribution >= 4 is 23.6 Å². The van der Waals surface area contributed by atoms with Gasteiger partial charge in [0.1, 0.15) is 5.75 Å². The zero-order valence-electron chi connectivity index (χ0n) is 16.7. The Morgan fingerprint density at radius 3 is 2.40 bits per heavy atom. The van der Waals surface area contributed by atoms with E-state index in [4.69, 9.17) is 9.47 Å². The largest absolute Gasteiger partial charge is 0.493 e. The molecule has 0 radical (unpaired) electrons. The van der Waals surface area contributed by atoms with Gasteiger partial charge in [0.25, 0.3) is 5.91 Å². The van der Waals surface area contributed by atoms with E-state index in [9.17, 15) is 9.59 Å². The fraction of sp³-hybridized carbons (Fsp3) is 0.120. The van der Waals surface area contributed by atoms with E-state index in [0.717, 1.165) is 16.7 Å². The average molecular weight is 401 g/mol. The van der Waals surface area contributed by atoms with Gasteiger partial charge in [0.15, 0.2) is 6.61 Å². The second kappa shape index (κ2) is 10.6. The fourth-order valence-corrected chi connectivity index (χ4v) is 2.90. The minimum absolute atomic E-state index is 0.376. The summed E-state index contributed by atoms with van der Waals surface area (Å²) in [6.45, 7) is 2.04. The van der Waals surface area contributed by atoms with Crippen molar-refractivity contribution in [3.8, 4) is 16.9 Å². The maximum absolute atomic E-state index is 12.3. The van der Waals surface area contributed by atoms with Crippen LogP contribution in [0.4, 0.5) is 5.69 Å². The van der Waals surface area contributed by atoms with Crippen molar-refractivity contribution in [3.63, 3.8) is 0 Å². The molecule has 1 N–H and O–H groups in total. The summed E-state index contributed by atoms with van der Waals surface area (Å²) in [5.74, 6) is -0.332. The Bertz CT molecular complexity index is 1030. The summed E-state index contributed by atoms with van der Waals surface area (Å²) in [4.78, 5) is 24.3. The van der Waals surface area contributed by atoms with Crippen LogP contribution in [0.1, 0.15) is 12.5 Å². The van der Waals surface area contributed by atoms with Crippen LogP contribution >= 0.6 is 0 Å². The summed E-state index contributed by atoms with van der Waals surface area (Å²) >= 11 is 0. The number of carbonyl (C=O) groups is 2. The Balaban J connectivity index is 1.58. The van der Waals surface area contributed by atoms with Crippen molar-refractivity contribution in [2.24, 2.45) is 0 Å². The normalized spacial score (nSPS) is 10.6. The van der Waals surface area contributed by atoms with Crippen LogP contribution in [0.2, 0.25) is 0 Å². The number of carbonyl (C=O) groups excluding carboxylic acids is 2. The molecule has 0 saturated heterocycles. The van der Waals surface area contributed by atoms with Gasteiger partial charge in [-0.1, -0.05) is 66.7 Å². The first kappa shape index (κ1) is 20.9. The number of benzene rings is 3. The standard InChI is InChI=1S/C25H23NO4/c1-2-29-23-15-9-6-12-20(23)16-17-25(28)30-18-24(27)26-22-14-8-7-13-21(22)19-10-4-3-5-11-19/h3-17H,2,18H2,1H3,(H,26,27). The van der Waals surface area contributed by atoms with E-state index in [1.165, 1.54) is 6.08 Å². The lowest BCUT2D eigenvalue weighted by atomic mass is 10.0. The molecule has 1 amide bonds. The minimum atomic E-state index is -0.604. The van der Waals surface area contributed by atoms with Gasteiger partial charge in [0.05, 0.1) is 6.61 Å². The number of amides is 1. The van der Waals surface area contributed by atoms with E-state index >= 15 is 0 Å². The lowest BCUT2D eigenvalue weighted by Crippen LogP contribution is -2.20. The molecule has 5 heteroatoms. The Kier molecular flexibility index (Phi) is 7.39. The van der Waals surface area contributed by atoms with E-state index in [1.807, 2.05) is 85.8 Å². The molecule has 0 aliphatic rings. The SMILES string of the molecule is CCOc1ccccc1C=CC(=O)OCC(=O)Nc1ccccc1-c1ccccc1. The van der Waals surface area contributed by atoms with Gasteiger partial charge in [0.2, 0.25) is 0 Å². The number of hydrogen-bond acceptors (Lipinski definition) is 4. The fourth-order valence-electron chi connectivity index (χ4n) is 2.90. The first-order chi connectivity index (χ1) is 14.7. The predicted molar refractivity (Wildman–Crippen MR) is 118 cm³/mol. The number of nitrogens with one attached hydrogen (secondary N) is 1. The molecule has 0 heterocycles. The lowest BCUT2D eigenvalue weighted by Gasteiger charge is -2.11. The molecule has 3 rings (SSSR count). The van der Waals surface area contributed by atoms with Crippen LogP contribution < -0.4 is 10.1 Å². The van der Waals surface area contributed by atoms with E-state index in [0.29, 0.717) is 18.0 Å². The quantitative estimate of drug-likeness (QED) is 0.429. The number of para-hydroxylation sites is 2. The van der Waals surface area contributed by atoms with E-state index < -0.39 is 11.9 Å². The number of anilines is 1. The van der Waals surface area contributed by atoms with Gasteiger partial charge in [0, 0.05) is 22.9 Å². The first-order valence-electron chi connectivity index (χ1n) is 9.68. The smallest absolute Gasteiger partial charge is 0.331 e. The van der Waals surface area contributed by atoms with Gasteiger partial charge in [-0.2, -0.15) is 0 Å². The van der Waals surface area contributed by atoms with Gasteiger partial charge >= 0.3 is 5.97 Å². The van der Waals surface area contributed by atoms with Crippen molar-refractivity contribution in [2.45, 2.75) is 6.92 Å². The molecule has 152 valence electrons. The minimum Gasteiger partial charge on any atom is -0.493 e. The highest BCUT2D eigenvalue weighted by molar-refractivity contribution is 5.97. The second-order valence-corrected chi connectivity index (χ2v) is 6.37. The van der Waals surface area contributed by atoms with Gasteiger partial charge in [-0.25, -0.2) is 4.79 Å². The molecule has 0 saturated carbocycles. The van der Waals surface area contributed by atoms with E-state index in [1.54, 1.807) is 6.08 Å². The summed E-state index contributed by atoms with van der Waals surface area (Å²) in [6.07, 6.45) is 2.89. The summed E-state index contributed by atoms with van der Waals surface area (Å²) in [5, 5.41) is 2.80. The zero-order chi connectivity index (χ0) is 21.2. The van der Waals surface area contributed by atoms with Crippen molar-refractivity contribution in [1.29, 1.82) is 0 Å². The Hall–Kier alpha value is -3.86. The van der Waals surface area contributed by atoms with Gasteiger partial charge in [-0.05, 0) is 30.7 Å². The van der Waals surface area contributed by atoms with Crippen LogP contribution in [0, 0.1) is 0 Å². The number of esters is 1. The topological polar surface area (TPSA) is 64.6 Å². The summed E-state index contributed by atoms with van der Waals surface area (Å²) < 4.78 is 10.6. The second-order valence-electron chi connectivity index (χ2n) is 6.37. The van der Waals surface area contributed by atoms with Crippen molar-refractivity contribution < 1.29 is 19.1 Å². The predicted octanol–water partition coefficient (Wildman–Crippen LogP) is 4.95. The third kappa shape index (κ3) is 5.82. The van der Waals surface area contributed by atoms with Gasteiger partial charge in [-0.15, -0.1) is 0 Å². The van der Waals surface area contributed by atoms with Crippen molar-refractivity contribution in [2.75, 3.05) is 18.5 Å². The van der Waals surface area contributed by atoms with Crippen LogP contribution in [0.5, 0.6) is 5.75 Å². The molecule has 0 aromatic heterocycles. The van der Waals surface area contributed by atoms with Crippen LogP contribution in [0.15, 0.2) is 84.9 Å². The molecule has 0 fully saturated rings. The summed E-state index contributed by atoms with van der Waals surface area (Å²) in [6, 6.07) is 24.6. The molecular formula is C25H23NO4. The maximum atomic E-state index is 12.3. The molecule has 5 nitrogen and oxygen atoms in total. The zero-order valence-corrected chi connectivity index (χ0v) is 16.7. The number of hydrogen-bond donors (Lipinski definition) is 1. The molecule has 30 heavy (non-hydrogen) atoms. The van der Waals surface area contributed by atoms with Crippen LogP contribution in [0.25, 0.3) is 17.2 Å². The first-order valence-corrected chi connectivity index (χ1v) is 9.68. The molecule has 3 aromatic carbocycles. The Labute approximate surface area is 176 Å². The Morgan fingerprint density at radius 1 is 0.900 bits per heavy atom. The molecular weight excluding hydrogens is 378 g/mol. The summed E-state index contributed by atoms with van der Waals surface area (Å²) in [5.41, 5.74) is 3.30. The third-order valence-electron chi connectivity index (χ3n) is 4.25. The lowest BCUT2D eigenvalue weighted by molar-refractivity contribution is -0.142. The van der Waals surface area contributed by atoms with Crippen molar-refractivity contribution in [3.05, 3.63) is 90.5 Å². The van der Waals surface area contributed by atoms with Crippen molar-refractivity contribution in [1.82, 2.24) is 0 Å². The molecule has 0 aliphatic heterocycles. The highest BCUT2D eigenvalue weighted by atomic mass is 16.5. The molecule has 0 atom stereocenters. The monoisotopic (exact) mass is 401 g/mol. The summed E-state index contributed by atoms with van der Waals surface area (Å²) in [7, 11) is 0. The Morgan fingerprint density at radius 2 is 1.60 bits per heavy atom. The van der Waals surface area contributed by atoms with E-state index in [-0.39, 0.29) is 6.61 Å². The van der Waals surface area contributed by atoms with Crippen LogP contribution in [0.3, 0.4) is 0 Å². The molecule has 0 bridgehead atoms. The highest BCUT2D eigenvalue weighted by Crippen LogP contribution is 2.27. The highest BCUT2D eigenvalue weighted by Gasteiger charge is 2.10.